The van der Waals surface area contributed by atoms with Gasteiger partial charge in [0.2, 0.25) is 0 Å². The van der Waals surface area contributed by atoms with Gasteiger partial charge in [-0.3, -0.25) is 9.58 Å². The Bertz CT molecular complexity index is 438. The molecule has 0 bridgehead atoms. The number of nitrogens with one attached hydrogen (secondary N) is 1. The average molecular weight is 290 g/mol. The predicted octanol–water partition coefficient (Wildman–Crippen LogP) is 2.82. The summed E-state index contributed by atoms with van der Waals surface area (Å²) in [5.41, 5.74) is 1.45. The fourth-order valence-electron chi connectivity index (χ4n) is 3.96. The van der Waals surface area contributed by atoms with Crippen LogP contribution in [0.2, 0.25) is 0 Å². The molecule has 2 heterocycles. The summed E-state index contributed by atoms with van der Waals surface area (Å²) in [7, 11) is 2.09. The second kappa shape index (κ2) is 6.93. The summed E-state index contributed by atoms with van der Waals surface area (Å²) < 4.78 is 2.26. The lowest BCUT2D eigenvalue weighted by Crippen LogP contribution is -2.39. The van der Waals surface area contributed by atoms with Gasteiger partial charge in [-0.15, -0.1) is 0 Å². The number of rotatable bonds is 6. The first-order valence-corrected chi connectivity index (χ1v) is 8.77. The standard InChI is InChI=1S/C17H30N4/c1-3-11-21-16(9-10-19-21)17-14(13-18-2)6-4-5-12-20(17)15-7-8-15/h9-10,14-15,17-18H,3-8,11-13H2,1-2H3. The highest BCUT2D eigenvalue weighted by molar-refractivity contribution is 5.12. The maximum Gasteiger partial charge on any atom is 0.0560 e. The Balaban J connectivity index is 1.91. The number of hydrogen-bond acceptors (Lipinski definition) is 3. The van der Waals surface area contributed by atoms with Gasteiger partial charge >= 0.3 is 0 Å². The molecule has 2 fully saturated rings. The molecule has 2 unspecified atom stereocenters. The summed E-state index contributed by atoms with van der Waals surface area (Å²) in [5, 5.41) is 8.02. The molecule has 0 amide bonds. The Hall–Kier alpha value is -0.870. The fourth-order valence-corrected chi connectivity index (χ4v) is 3.96. The Labute approximate surface area is 128 Å². The van der Waals surface area contributed by atoms with Gasteiger partial charge in [0.25, 0.3) is 0 Å². The molecule has 4 nitrogen and oxygen atoms in total. The summed E-state index contributed by atoms with van der Waals surface area (Å²) in [4.78, 5) is 2.80. The zero-order chi connectivity index (χ0) is 14.7. The molecule has 118 valence electrons. The quantitative estimate of drug-likeness (QED) is 0.874. The molecule has 2 atom stereocenters. The summed E-state index contributed by atoms with van der Waals surface area (Å²) in [5.74, 6) is 0.713. The summed E-state index contributed by atoms with van der Waals surface area (Å²) in [6.07, 6.45) is 10.0. The highest BCUT2D eigenvalue weighted by atomic mass is 15.3. The molecule has 4 heteroatoms. The van der Waals surface area contributed by atoms with Gasteiger partial charge < -0.3 is 5.32 Å². The van der Waals surface area contributed by atoms with Crippen molar-refractivity contribution in [1.82, 2.24) is 20.0 Å². The molecule has 1 aromatic heterocycles. The minimum Gasteiger partial charge on any atom is -0.319 e. The van der Waals surface area contributed by atoms with Gasteiger partial charge in [0.1, 0.15) is 0 Å². The van der Waals surface area contributed by atoms with Crippen LogP contribution in [0.15, 0.2) is 12.3 Å². The fraction of sp³-hybridized carbons (Fsp3) is 0.824. The van der Waals surface area contributed by atoms with E-state index in [0.29, 0.717) is 12.0 Å². The maximum absolute atomic E-state index is 4.59. The molecule has 0 radical (unpaired) electrons. The molecular weight excluding hydrogens is 260 g/mol. The van der Waals surface area contributed by atoms with Crippen LogP contribution in [0.1, 0.15) is 57.2 Å². The van der Waals surface area contributed by atoms with Crippen molar-refractivity contribution in [3.8, 4) is 0 Å². The van der Waals surface area contributed by atoms with E-state index in [4.69, 9.17) is 0 Å². The van der Waals surface area contributed by atoms with Gasteiger partial charge in [0.05, 0.1) is 11.7 Å². The second-order valence-electron chi connectivity index (χ2n) is 6.71. The van der Waals surface area contributed by atoms with Crippen molar-refractivity contribution in [1.29, 1.82) is 0 Å². The van der Waals surface area contributed by atoms with Crippen LogP contribution in [0.25, 0.3) is 0 Å². The first-order valence-electron chi connectivity index (χ1n) is 8.77. The van der Waals surface area contributed by atoms with Crippen LogP contribution in [0, 0.1) is 5.92 Å². The Morgan fingerprint density at radius 1 is 1.29 bits per heavy atom. The van der Waals surface area contributed by atoms with E-state index >= 15 is 0 Å². The van der Waals surface area contributed by atoms with Crippen molar-refractivity contribution >= 4 is 0 Å². The van der Waals surface area contributed by atoms with Crippen LogP contribution in [-0.4, -0.2) is 40.9 Å². The third kappa shape index (κ3) is 3.32. The molecule has 1 aromatic rings. The van der Waals surface area contributed by atoms with Gasteiger partial charge in [0, 0.05) is 18.8 Å². The number of nitrogens with zero attached hydrogens (tertiary/aromatic N) is 3. The maximum atomic E-state index is 4.59. The van der Waals surface area contributed by atoms with Gasteiger partial charge in [-0.05, 0) is 64.2 Å². The molecule has 0 aromatic carbocycles. The lowest BCUT2D eigenvalue weighted by Gasteiger charge is -2.35. The van der Waals surface area contributed by atoms with Crippen molar-refractivity contribution in [3.05, 3.63) is 18.0 Å². The van der Waals surface area contributed by atoms with E-state index in [1.54, 1.807) is 0 Å². The van der Waals surface area contributed by atoms with Gasteiger partial charge in [-0.25, -0.2) is 0 Å². The SMILES string of the molecule is CCCn1nccc1C1C(CNC)CCCCN1C1CC1. The van der Waals surface area contributed by atoms with Crippen molar-refractivity contribution in [3.63, 3.8) is 0 Å². The number of hydrogen-bond donors (Lipinski definition) is 1. The van der Waals surface area contributed by atoms with E-state index in [0.717, 1.165) is 25.6 Å². The zero-order valence-corrected chi connectivity index (χ0v) is 13.6. The Morgan fingerprint density at radius 3 is 2.86 bits per heavy atom. The van der Waals surface area contributed by atoms with Crippen molar-refractivity contribution in [2.75, 3.05) is 20.1 Å². The summed E-state index contributed by atoms with van der Waals surface area (Å²) >= 11 is 0. The first-order chi connectivity index (χ1) is 10.3. The van der Waals surface area contributed by atoms with Crippen molar-refractivity contribution < 1.29 is 0 Å². The van der Waals surface area contributed by atoms with E-state index in [1.807, 2.05) is 6.20 Å². The molecule has 3 rings (SSSR count). The van der Waals surface area contributed by atoms with E-state index in [2.05, 4.69) is 40.0 Å². The minimum atomic E-state index is 0.557. The first kappa shape index (κ1) is 15.0. The smallest absolute Gasteiger partial charge is 0.0560 e. The Morgan fingerprint density at radius 2 is 2.14 bits per heavy atom. The number of aryl methyl sites for hydroxylation is 1. The third-order valence-electron chi connectivity index (χ3n) is 5.02. The van der Waals surface area contributed by atoms with Crippen LogP contribution in [0.5, 0.6) is 0 Å². The summed E-state index contributed by atoms with van der Waals surface area (Å²) in [6.45, 7) is 5.67. The molecule has 1 aliphatic carbocycles. The van der Waals surface area contributed by atoms with Gasteiger partial charge in [-0.2, -0.15) is 5.10 Å². The highest BCUT2D eigenvalue weighted by Gasteiger charge is 2.40. The molecule has 1 saturated carbocycles. The monoisotopic (exact) mass is 290 g/mol. The normalized spacial score (nSPS) is 27.7. The van der Waals surface area contributed by atoms with Crippen molar-refractivity contribution in [2.24, 2.45) is 5.92 Å². The molecule has 2 aliphatic rings. The third-order valence-corrected chi connectivity index (χ3v) is 5.02. The minimum absolute atomic E-state index is 0.557. The zero-order valence-electron chi connectivity index (χ0n) is 13.6. The van der Waals surface area contributed by atoms with Crippen LogP contribution in [0.3, 0.4) is 0 Å². The molecular formula is C17H30N4. The van der Waals surface area contributed by atoms with Crippen LogP contribution in [0.4, 0.5) is 0 Å². The number of aromatic nitrogens is 2. The topological polar surface area (TPSA) is 33.1 Å². The molecule has 1 N–H and O–H groups in total. The lowest BCUT2D eigenvalue weighted by molar-refractivity contribution is 0.137. The average Bonchev–Trinajstić information content (AvgIpc) is 3.25. The van der Waals surface area contributed by atoms with Crippen LogP contribution < -0.4 is 5.32 Å². The van der Waals surface area contributed by atoms with E-state index in [1.165, 1.54) is 44.3 Å². The number of likely N-dealkylation sites (tertiary alicyclic amines) is 1. The second-order valence-corrected chi connectivity index (χ2v) is 6.71. The van der Waals surface area contributed by atoms with Gasteiger partial charge in [0.15, 0.2) is 0 Å². The molecule has 0 spiro atoms. The lowest BCUT2D eigenvalue weighted by atomic mass is 9.91. The van der Waals surface area contributed by atoms with E-state index in [9.17, 15) is 0 Å². The van der Waals surface area contributed by atoms with Crippen LogP contribution >= 0.6 is 0 Å². The van der Waals surface area contributed by atoms with Gasteiger partial charge in [-0.1, -0.05) is 13.3 Å². The highest BCUT2D eigenvalue weighted by Crippen LogP contribution is 2.41. The Kier molecular flexibility index (Phi) is 4.96. The molecule has 1 aliphatic heterocycles. The van der Waals surface area contributed by atoms with Crippen LogP contribution in [-0.2, 0) is 6.54 Å². The molecule has 1 saturated heterocycles. The summed E-state index contributed by atoms with van der Waals surface area (Å²) in [6, 6.07) is 3.66. The van der Waals surface area contributed by atoms with Crippen molar-refractivity contribution in [2.45, 2.75) is 64.1 Å². The predicted molar refractivity (Wildman–Crippen MR) is 86.3 cm³/mol. The van der Waals surface area contributed by atoms with E-state index < -0.39 is 0 Å². The molecule has 21 heavy (non-hydrogen) atoms. The largest absolute Gasteiger partial charge is 0.319 e. The van der Waals surface area contributed by atoms with E-state index in [-0.39, 0.29) is 0 Å².